The van der Waals surface area contributed by atoms with Crippen molar-refractivity contribution < 1.29 is 18.8 Å². The molecule has 3 N–H and O–H groups in total. The number of aromatic nitrogens is 2. The number of anilines is 1. The van der Waals surface area contributed by atoms with Gasteiger partial charge in [-0.3, -0.25) is 14.4 Å². The zero-order valence-electron chi connectivity index (χ0n) is 19.3. The lowest BCUT2D eigenvalue weighted by molar-refractivity contribution is -0.132. The van der Waals surface area contributed by atoms with Crippen molar-refractivity contribution in [1.82, 2.24) is 20.6 Å². The molecule has 1 saturated carbocycles. The van der Waals surface area contributed by atoms with Gasteiger partial charge in [-0.15, -0.1) is 0 Å². The number of nitrogens with one attached hydrogen (secondary N) is 3. The van der Waals surface area contributed by atoms with Crippen LogP contribution in [0.3, 0.4) is 0 Å². The van der Waals surface area contributed by atoms with Gasteiger partial charge >= 0.3 is 0 Å². The molecule has 1 aliphatic carbocycles. The maximum absolute atomic E-state index is 13.5. The molecule has 0 atom stereocenters. The maximum Gasteiger partial charge on any atom is 0.272 e. The van der Waals surface area contributed by atoms with Gasteiger partial charge in [-0.1, -0.05) is 11.6 Å². The molecule has 8 nitrogen and oxygen atoms in total. The lowest BCUT2D eigenvalue weighted by Crippen LogP contribution is -2.52. The van der Waals surface area contributed by atoms with E-state index < -0.39 is 17.1 Å². The SMILES string of the molecule is CC(C)NC(=O)c1nc[nH]c1C(=O)N[C@H]1CC[C@@]2(CCCN(c3ccc(F)cc3Cl)C2=O)CC1. The van der Waals surface area contributed by atoms with Crippen molar-refractivity contribution in [1.29, 1.82) is 0 Å². The number of carbonyl (C=O) groups is 3. The largest absolute Gasteiger partial charge is 0.348 e. The minimum atomic E-state index is -0.506. The smallest absolute Gasteiger partial charge is 0.272 e. The Morgan fingerprint density at radius 3 is 2.65 bits per heavy atom. The van der Waals surface area contributed by atoms with Gasteiger partial charge in [0.2, 0.25) is 5.91 Å². The fourth-order valence-corrected chi connectivity index (χ4v) is 5.28. The minimum Gasteiger partial charge on any atom is -0.348 e. The van der Waals surface area contributed by atoms with Crippen LogP contribution in [0.4, 0.5) is 10.1 Å². The molecule has 0 radical (unpaired) electrons. The third kappa shape index (κ3) is 4.80. The molecule has 2 aliphatic rings. The van der Waals surface area contributed by atoms with Gasteiger partial charge in [0.25, 0.3) is 11.8 Å². The summed E-state index contributed by atoms with van der Waals surface area (Å²) < 4.78 is 13.5. The van der Waals surface area contributed by atoms with Crippen molar-refractivity contribution >= 4 is 35.0 Å². The van der Waals surface area contributed by atoms with Gasteiger partial charge in [0.05, 0.1) is 17.0 Å². The summed E-state index contributed by atoms with van der Waals surface area (Å²) in [4.78, 5) is 47.1. The molecule has 1 saturated heterocycles. The number of hydrogen-bond donors (Lipinski definition) is 3. The van der Waals surface area contributed by atoms with Gasteiger partial charge in [0.15, 0.2) is 5.69 Å². The number of rotatable bonds is 5. The van der Waals surface area contributed by atoms with Crippen molar-refractivity contribution in [2.24, 2.45) is 5.41 Å². The molecule has 1 aliphatic heterocycles. The second-order valence-electron chi connectivity index (χ2n) is 9.44. The van der Waals surface area contributed by atoms with Crippen molar-refractivity contribution in [3.8, 4) is 0 Å². The topological polar surface area (TPSA) is 107 Å². The van der Waals surface area contributed by atoms with E-state index >= 15 is 0 Å². The summed E-state index contributed by atoms with van der Waals surface area (Å²) in [6.07, 6.45) is 5.50. The second kappa shape index (κ2) is 9.74. The van der Waals surface area contributed by atoms with Crippen LogP contribution in [0.25, 0.3) is 0 Å². The van der Waals surface area contributed by atoms with Crippen LogP contribution < -0.4 is 15.5 Å². The Hall–Kier alpha value is -2.94. The van der Waals surface area contributed by atoms with E-state index in [4.69, 9.17) is 11.6 Å². The first-order chi connectivity index (χ1) is 16.2. The Labute approximate surface area is 202 Å². The summed E-state index contributed by atoms with van der Waals surface area (Å²) in [5.74, 6) is -1.22. The summed E-state index contributed by atoms with van der Waals surface area (Å²) in [5, 5.41) is 5.95. The normalized spacial score (nSPS) is 22.8. The zero-order valence-corrected chi connectivity index (χ0v) is 20.0. The maximum atomic E-state index is 13.5. The van der Waals surface area contributed by atoms with Crippen molar-refractivity contribution in [2.45, 2.75) is 64.5 Å². The average Bonchev–Trinajstić information content (AvgIpc) is 3.28. The number of H-pyrrole nitrogens is 1. The molecule has 2 heterocycles. The molecule has 1 aromatic carbocycles. The van der Waals surface area contributed by atoms with Crippen LogP contribution in [0.1, 0.15) is 73.3 Å². The first kappa shape index (κ1) is 24.2. The molecule has 10 heteroatoms. The third-order valence-corrected chi connectivity index (χ3v) is 7.02. The molecule has 34 heavy (non-hydrogen) atoms. The Morgan fingerprint density at radius 2 is 1.97 bits per heavy atom. The Kier molecular flexibility index (Phi) is 6.93. The van der Waals surface area contributed by atoms with Crippen LogP contribution in [0.5, 0.6) is 0 Å². The van der Waals surface area contributed by atoms with Crippen LogP contribution in [-0.2, 0) is 4.79 Å². The summed E-state index contributed by atoms with van der Waals surface area (Å²) in [6.45, 7) is 4.22. The Bertz CT molecular complexity index is 1090. The molecular formula is C24H29ClFN5O3. The molecule has 3 amide bonds. The number of imidazole rings is 1. The Morgan fingerprint density at radius 1 is 1.24 bits per heavy atom. The number of piperidine rings is 1. The van der Waals surface area contributed by atoms with Crippen LogP contribution in [0.15, 0.2) is 24.5 Å². The third-order valence-electron chi connectivity index (χ3n) is 6.72. The van der Waals surface area contributed by atoms with Gasteiger partial charge < -0.3 is 20.5 Å². The average molecular weight is 490 g/mol. The van der Waals surface area contributed by atoms with E-state index in [1.54, 1.807) is 11.0 Å². The van der Waals surface area contributed by atoms with Gasteiger partial charge in [-0.2, -0.15) is 0 Å². The van der Waals surface area contributed by atoms with E-state index in [-0.39, 0.29) is 40.3 Å². The van der Waals surface area contributed by atoms with E-state index in [1.807, 2.05) is 13.8 Å². The van der Waals surface area contributed by atoms with Crippen LogP contribution >= 0.6 is 11.6 Å². The van der Waals surface area contributed by atoms with Crippen molar-refractivity contribution in [2.75, 3.05) is 11.4 Å². The highest BCUT2D eigenvalue weighted by molar-refractivity contribution is 6.33. The fraction of sp³-hybridized carbons (Fsp3) is 0.500. The first-order valence-corrected chi connectivity index (χ1v) is 12.0. The molecule has 1 spiro atoms. The van der Waals surface area contributed by atoms with Gasteiger partial charge in [0, 0.05) is 24.0 Å². The van der Waals surface area contributed by atoms with Crippen molar-refractivity contribution in [3.05, 3.63) is 46.8 Å². The number of amides is 3. The van der Waals surface area contributed by atoms with Gasteiger partial charge in [0.1, 0.15) is 11.5 Å². The summed E-state index contributed by atoms with van der Waals surface area (Å²) in [5.41, 5.74) is 0.221. The van der Waals surface area contributed by atoms with E-state index in [9.17, 15) is 18.8 Å². The standard InChI is InChI=1S/C24H29ClFN5O3/c1-14(2)29-21(32)19-20(28-13-27-19)22(33)30-16-6-9-24(10-7-16)8-3-11-31(23(24)34)18-5-4-15(26)12-17(18)25/h4-5,12-14,16H,3,6-11H2,1-2H3,(H,27,28)(H,29,32)(H,30,33)/t16-,24-. The summed E-state index contributed by atoms with van der Waals surface area (Å²) in [7, 11) is 0. The number of hydrogen-bond acceptors (Lipinski definition) is 4. The molecule has 0 unspecified atom stereocenters. The highest BCUT2D eigenvalue weighted by atomic mass is 35.5. The fourth-order valence-electron chi connectivity index (χ4n) is 5.01. The van der Waals surface area contributed by atoms with E-state index in [1.165, 1.54) is 18.5 Å². The molecule has 0 bridgehead atoms. The quantitative estimate of drug-likeness (QED) is 0.593. The van der Waals surface area contributed by atoms with E-state index in [0.717, 1.165) is 12.8 Å². The first-order valence-electron chi connectivity index (χ1n) is 11.6. The van der Waals surface area contributed by atoms with Crippen LogP contribution in [0, 0.1) is 11.2 Å². The second-order valence-corrected chi connectivity index (χ2v) is 9.85. The molecule has 2 aromatic rings. The van der Waals surface area contributed by atoms with Gasteiger partial charge in [-0.25, -0.2) is 9.37 Å². The number of benzene rings is 1. The van der Waals surface area contributed by atoms with Gasteiger partial charge in [-0.05, 0) is 70.6 Å². The number of carbonyl (C=O) groups excluding carboxylic acids is 3. The molecule has 1 aromatic heterocycles. The highest BCUT2D eigenvalue weighted by Gasteiger charge is 2.46. The lowest BCUT2D eigenvalue weighted by Gasteiger charge is -2.45. The number of nitrogens with zero attached hydrogens (tertiary/aromatic N) is 2. The summed E-state index contributed by atoms with van der Waals surface area (Å²) in [6, 6.07) is 3.90. The minimum absolute atomic E-state index is 0.0123. The number of halogens is 2. The molecule has 182 valence electrons. The van der Waals surface area contributed by atoms with Crippen LogP contribution in [-0.4, -0.2) is 46.3 Å². The summed E-state index contributed by atoms with van der Waals surface area (Å²) >= 11 is 6.23. The van der Waals surface area contributed by atoms with E-state index in [2.05, 4.69) is 20.6 Å². The molecule has 4 rings (SSSR count). The zero-order chi connectivity index (χ0) is 24.5. The predicted octanol–water partition coefficient (Wildman–Crippen LogP) is 3.83. The van der Waals surface area contributed by atoms with Crippen LogP contribution in [0.2, 0.25) is 5.02 Å². The number of aromatic amines is 1. The van der Waals surface area contributed by atoms with E-state index in [0.29, 0.717) is 37.9 Å². The predicted molar refractivity (Wildman–Crippen MR) is 126 cm³/mol. The lowest BCUT2D eigenvalue weighted by atomic mass is 9.67. The molecular weight excluding hydrogens is 461 g/mol. The van der Waals surface area contributed by atoms with Crippen molar-refractivity contribution in [3.63, 3.8) is 0 Å². The molecule has 2 fully saturated rings. The monoisotopic (exact) mass is 489 g/mol. The Balaban J connectivity index is 1.40. The highest BCUT2D eigenvalue weighted by Crippen LogP contribution is 2.46.